The van der Waals surface area contributed by atoms with Crippen LogP contribution < -0.4 is 10.6 Å². The number of rotatable bonds is 1. The lowest BCUT2D eigenvalue weighted by molar-refractivity contribution is 0.292. The normalized spacial score (nSPS) is 20.3. The predicted molar refractivity (Wildman–Crippen MR) is 61.7 cm³/mol. The summed E-state index contributed by atoms with van der Waals surface area (Å²) in [4.78, 5) is 10.7. The minimum Gasteiger partial charge on any atom is -0.382 e. The Kier molecular flexibility index (Phi) is 2.50. The third-order valence-corrected chi connectivity index (χ3v) is 2.88. The van der Waals surface area contributed by atoms with Crippen molar-refractivity contribution in [2.45, 2.75) is 26.7 Å². The Bertz CT molecular complexity index is 331. The lowest BCUT2D eigenvalue weighted by Crippen LogP contribution is -2.40. The summed E-state index contributed by atoms with van der Waals surface area (Å²) < 4.78 is 0. The molecule has 82 valence electrons. The summed E-state index contributed by atoms with van der Waals surface area (Å²) >= 11 is 0. The van der Waals surface area contributed by atoms with Crippen LogP contribution in [-0.2, 0) is 0 Å². The topological polar surface area (TPSA) is 55.0 Å². The van der Waals surface area contributed by atoms with E-state index >= 15 is 0 Å². The number of piperidine rings is 1. The first kappa shape index (κ1) is 10.2. The smallest absolute Gasteiger partial charge is 0.147 e. The highest BCUT2D eigenvalue weighted by atomic mass is 15.2. The maximum atomic E-state index is 5.52. The van der Waals surface area contributed by atoms with Crippen LogP contribution in [0.4, 0.5) is 11.6 Å². The fourth-order valence-corrected chi connectivity index (χ4v) is 2.11. The van der Waals surface area contributed by atoms with Gasteiger partial charge in [0.05, 0.1) is 12.4 Å². The number of aromatic nitrogens is 2. The number of nitrogen functional groups attached to an aromatic ring is 1. The molecule has 0 unspecified atom stereocenters. The van der Waals surface area contributed by atoms with E-state index in [-0.39, 0.29) is 0 Å². The van der Waals surface area contributed by atoms with Gasteiger partial charge in [0.1, 0.15) is 11.6 Å². The van der Waals surface area contributed by atoms with Gasteiger partial charge in [0.2, 0.25) is 0 Å². The molecule has 1 aliphatic rings. The summed E-state index contributed by atoms with van der Waals surface area (Å²) in [6.45, 7) is 6.71. The van der Waals surface area contributed by atoms with E-state index in [1.54, 1.807) is 12.4 Å². The van der Waals surface area contributed by atoms with Gasteiger partial charge in [0, 0.05) is 13.1 Å². The van der Waals surface area contributed by atoms with E-state index in [1.807, 2.05) is 0 Å². The number of nitrogens with zero attached hydrogens (tertiary/aromatic N) is 3. The summed E-state index contributed by atoms with van der Waals surface area (Å²) in [5.74, 6) is 1.42. The molecule has 2 N–H and O–H groups in total. The summed E-state index contributed by atoms with van der Waals surface area (Å²) in [6, 6.07) is 0. The van der Waals surface area contributed by atoms with Crippen molar-refractivity contribution in [2.75, 3.05) is 23.7 Å². The van der Waals surface area contributed by atoms with Crippen LogP contribution in [0.25, 0.3) is 0 Å². The molecule has 0 bridgehead atoms. The van der Waals surface area contributed by atoms with Gasteiger partial charge in [-0.3, -0.25) is 0 Å². The van der Waals surface area contributed by atoms with Crippen molar-refractivity contribution in [3.05, 3.63) is 12.4 Å². The average Bonchev–Trinajstić information content (AvgIpc) is 2.17. The maximum Gasteiger partial charge on any atom is 0.147 e. The van der Waals surface area contributed by atoms with E-state index in [1.165, 1.54) is 12.8 Å². The molecule has 1 aliphatic heterocycles. The fourth-order valence-electron chi connectivity index (χ4n) is 2.11. The predicted octanol–water partition coefficient (Wildman–Crippen LogP) is 1.69. The highest BCUT2D eigenvalue weighted by Crippen LogP contribution is 2.30. The Hall–Kier alpha value is -1.32. The first-order valence-electron chi connectivity index (χ1n) is 5.39. The zero-order valence-corrected chi connectivity index (χ0v) is 9.40. The molecule has 4 nitrogen and oxygen atoms in total. The lowest BCUT2D eigenvalue weighted by atomic mass is 9.84. The second-order valence-corrected chi connectivity index (χ2v) is 4.99. The van der Waals surface area contributed by atoms with E-state index in [9.17, 15) is 0 Å². The van der Waals surface area contributed by atoms with Crippen LogP contribution in [0, 0.1) is 5.41 Å². The average molecular weight is 206 g/mol. The van der Waals surface area contributed by atoms with Crippen LogP contribution in [0.2, 0.25) is 0 Å². The molecule has 4 heteroatoms. The zero-order chi connectivity index (χ0) is 10.9. The van der Waals surface area contributed by atoms with E-state index in [0.717, 1.165) is 18.9 Å². The molecule has 0 atom stereocenters. The van der Waals surface area contributed by atoms with Gasteiger partial charge in [-0.05, 0) is 18.3 Å². The molecule has 1 aromatic rings. The van der Waals surface area contributed by atoms with Crippen molar-refractivity contribution < 1.29 is 0 Å². The Morgan fingerprint density at radius 2 is 2.13 bits per heavy atom. The third-order valence-electron chi connectivity index (χ3n) is 2.88. The third kappa shape index (κ3) is 2.37. The largest absolute Gasteiger partial charge is 0.382 e. The SMILES string of the molecule is CC1(C)CCCN(c2cnc(N)cn2)C1. The Morgan fingerprint density at radius 1 is 1.33 bits per heavy atom. The van der Waals surface area contributed by atoms with Crippen molar-refractivity contribution in [3.63, 3.8) is 0 Å². The van der Waals surface area contributed by atoms with Crippen molar-refractivity contribution in [1.82, 2.24) is 9.97 Å². The zero-order valence-electron chi connectivity index (χ0n) is 9.40. The van der Waals surface area contributed by atoms with Crippen LogP contribution >= 0.6 is 0 Å². The Balaban J connectivity index is 2.13. The lowest BCUT2D eigenvalue weighted by Gasteiger charge is -2.38. The van der Waals surface area contributed by atoms with Crippen molar-refractivity contribution >= 4 is 11.6 Å². The second-order valence-electron chi connectivity index (χ2n) is 4.99. The van der Waals surface area contributed by atoms with Crippen LogP contribution in [-0.4, -0.2) is 23.1 Å². The van der Waals surface area contributed by atoms with E-state index in [2.05, 4.69) is 28.7 Å². The van der Waals surface area contributed by atoms with Gasteiger partial charge in [-0.1, -0.05) is 13.8 Å². The Morgan fingerprint density at radius 3 is 2.73 bits per heavy atom. The molecule has 0 aromatic carbocycles. The second kappa shape index (κ2) is 3.68. The Labute approximate surface area is 90.5 Å². The molecule has 2 rings (SSSR count). The van der Waals surface area contributed by atoms with Gasteiger partial charge in [0.15, 0.2) is 0 Å². The van der Waals surface area contributed by atoms with Gasteiger partial charge < -0.3 is 10.6 Å². The van der Waals surface area contributed by atoms with Gasteiger partial charge in [0.25, 0.3) is 0 Å². The molecule has 0 aliphatic carbocycles. The number of nitrogens with two attached hydrogens (primary N) is 1. The molecule has 1 aromatic heterocycles. The van der Waals surface area contributed by atoms with Gasteiger partial charge >= 0.3 is 0 Å². The monoisotopic (exact) mass is 206 g/mol. The maximum absolute atomic E-state index is 5.52. The molecule has 2 heterocycles. The molecule has 1 fully saturated rings. The molecular formula is C11H18N4. The number of hydrogen-bond donors (Lipinski definition) is 1. The highest BCUT2D eigenvalue weighted by molar-refractivity contribution is 5.40. The summed E-state index contributed by atoms with van der Waals surface area (Å²) in [5.41, 5.74) is 5.89. The van der Waals surface area contributed by atoms with E-state index in [0.29, 0.717) is 11.2 Å². The molecular weight excluding hydrogens is 188 g/mol. The molecule has 0 amide bonds. The van der Waals surface area contributed by atoms with Gasteiger partial charge in [-0.2, -0.15) is 0 Å². The van der Waals surface area contributed by atoms with Crippen LogP contribution in [0.1, 0.15) is 26.7 Å². The van der Waals surface area contributed by atoms with E-state index < -0.39 is 0 Å². The molecule has 0 radical (unpaired) electrons. The first-order chi connectivity index (χ1) is 7.07. The quantitative estimate of drug-likeness (QED) is 0.759. The van der Waals surface area contributed by atoms with Crippen molar-refractivity contribution in [1.29, 1.82) is 0 Å². The summed E-state index contributed by atoms with van der Waals surface area (Å²) in [7, 11) is 0. The van der Waals surface area contributed by atoms with Crippen LogP contribution in [0.3, 0.4) is 0 Å². The highest BCUT2D eigenvalue weighted by Gasteiger charge is 2.26. The first-order valence-corrected chi connectivity index (χ1v) is 5.39. The van der Waals surface area contributed by atoms with Crippen LogP contribution in [0.15, 0.2) is 12.4 Å². The van der Waals surface area contributed by atoms with Crippen molar-refractivity contribution in [3.8, 4) is 0 Å². The standard InChI is InChI=1S/C11H18N4/c1-11(2)4-3-5-15(8-11)10-7-13-9(12)6-14-10/h6-7H,3-5,8H2,1-2H3,(H2,12,13). The molecule has 1 saturated heterocycles. The summed E-state index contributed by atoms with van der Waals surface area (Å²) in [6.07, 6.45) is 5.89. The minimum absolute atomic E-state index is 0.376. The van der Waals surface area contributed by atoms with Crippen molar-refractivity contribution in [2.24, 2.45) is 5.41 Å². The van der Waals surface area contributed by atoms with Gasteiger partial charge in [-0.15, -0.1) is 0 Å². The van der Waals surface area contributed by atoms with Crippen LogP contribution in [0.5, 0.6) is 0 Å². The number of hydrogen-bond acceptors (Lipinski definition) is 4. The minimum atomic E-state index is 0.376. The molecule has 0 saturated carbocycles. The van der Waals surface area contributed by atoms with Gasteiger partial charge in [-0.25, -0.2) is 9.97 Å². The molecule has 0 spiro atoms. The van der Waals surface area contributed by atoms with E-state index in [4.69, 9.17) is 5.73 Å². The molecule has 15 heavy (non-hydrogen) atoms. The fraction of sp³-hybridized carbons (Fsp3) is 0.636. The summed E-state index contributed by atoms with van der Waals surface area (Å²) in [5, 5.41) is 0. The number of anilines is 2.